The molecule has 0 unspecified atom stereocenters. The van der Waals surface area contributed by atoms with Crippen molar-refractivity contribution >= 4 is 58.2 Å². The Morgan fingerprint density at radius 3 is 2.69 bits per heavy atom. The van der Waals surface area contributed by atoms with Crippen LogP contribution in [0, 0.1) is 0 Å². The first-order valence-electron chi connectivity index (χ1n) is 9.95. The van der Waals surface area contributed by atoms with Crippen LogP contribution in [0.1, 0.15) is 37.5 Å². The normalized spacial score (nSPS) is 12.0. The van der Waals surface area contributed by atoms with Gasteiger partial charge >= 0.3 is 0 Å². The zero-order chi connectivity index (χ0) is 23.3. The van der Waals surface area contributed by atoms with Crippen molar-refractivity contribution in [1.82, 2.24) is 5.32 Å². The molecule has 2 aromatic carbocycles. The van der Waals surface area contributed by atoms with E-state index in [4.69, 9.17) is 39.8 Å². The number of halogens is 2. The summed E-state index contributed by atoms with van der Waals surface area (Å²) >= 11 is 17.3. The molecule has 0 bridgehead atoms. The van der Waals surface area contributed by atoms with Crippen LogP contribution in [0.25, 0.3) is 17.4 Å². The van der Waals surface area contributed by atoms with Gasteiger partial charge in [0, 0.05) is 16.7 Å². The average molecular weight is 489 g/mol. The van der Waals surface area contributed by atoms with Gasteiger partial charge in [-0.2, -0.15) is 0 Å². The fraction of sp³-hybridized carbons (Fsp3) is 0.167. The van der Waals surface area contributed by atoms with Crippen molar-refractivity contribution in [1.29, 1.82) is 0 Å². The van der Waals surface area contributed by atoms with E-state index < -0.39 is 5.91 Å². The maximum Gasteiger partial charge on any atom is 0.250 e. The highest BCUT2D eigenvalue weighted by atomic mass is 35.5. The maximum atomic E-state index is 12.2. The van der Waals surface area contributed by atoms with Crippen molar-refractivity contribution in [2.75, 3.05) is 5.32 Å². The SMILES string of the molecule is CC[C@H](C)c1ccc(O)c(NC(=S)NC(=O)/C=C/c2ccc(-c3ccc(Cl)cc3Cl)o2)c1. The summed E-state index contributed by atoms with van der Waals surface area (Å²) < 4.78 is 5.73. The number of amides is 1. The lowest BCUT2D eigenvalue weighted by molar-refractivity contribution is -0.115. The number of carbonyl (C=O) groups is 1. The zero-order valence-electron chi connectivity index (χ0n) is 17.5. The molecule has 8 heteroatoms. The molecule has 0 spiro atoms. The summed E-state index contributed by atoms with van der Waals surface area (Å²) in [6.07, 6.45) is 3.79. The molecule has 166 valence electrons. The fourth-order valence-corrected chi connectivity index (χ4v) is 3.65. The molecule has 1 amide bonds. The lowest BCUT2D eigenvalue weighted by Crippen LogP contribution is -2.32. The summed E-state index contributed by atoms with van der Waals surface area (Å²) in [4.78, 5) is 12.2. The number of phenols is 1. The van der Waals surface area contributed by atoms with E-state index in [1.54, 1.807) is 36.4 Å². The molecule has 0 aliphatic rings. The maximum absolute atomic E-state index is 12.2. The molecule has 3 N–H and O–H groups in total. The van der Waals surface area contributed by atoms with Gasteiger partial charge in [-0.15, -0.1) is 0 Å². The van der Waals surface area contributed by atoms with E-state index in [1.165, 1.54) is 12.2 Å². The van der Waals surface area contributed by atoms with E-state index in [9.17, 15) is 9.90 Å². The van der Waals surface area contributed by atoms with E-state index in [0.717, 1.165) is 12.0 Å². The Balaban J connectivity index is 1.61. The second-order valence-electron chi connectivity index (χ2n) is 7.19. The van der Waals surface area contributed by atoms with E-state index in [1.807, 2.05) is 12.1 Å². The monoisotopic (exact) mass is 488 g/mol. The van der Waals surface area contributed by atoms with Crippen LogP contribution in [0.5, 0.6) is 5.75 Å². The van der Waals surface area contributed by atoms with E-state index >= 15 is 0 Å². The topological polar surface area (TPSA) is 74.5 Å². The minimum atomic E-state index is -0.442. The van der Waals surface area contributed by atoms with Crippen molar-refractivity contribution in [2.45, 2.75) is 26.2 Å². The molecule has 3 aromatic rings. The standard InChI is InChI=1S/C24H22Cl2N2O3S/c1-3-14(2)15-4-9-21(29)20(12-15)27-24(32)28-23(30)11-7-17-6-10-22(31-17)18-8-5-16(25)13-19(18)26/h4-14,29H,3H2,1-2H3,(H2,27,28,30,32)/b11-7+/t14-/m0/s1. The third kappa shape index (κ3) is 6.13. The summed E-state index contributed by atoms with van der Waals surface area (Å²) in [5.74, 6) is 0.971. The molecule has 1 atom stereocenters. The Kier molecular flexibility index (Phi) is 7.96. The molecule has 0 saturated carbocycles. The van der Waals surface area contributed by atoms with Gasteiger partial charge in [0.1, 0.15) is 17.3 Å². The highest BCUT2D eigenvalue weighted by molar-refractivity contribution is 7.80. The molecule has 3 rings (SSSR count). The van der Waals surface area contributed by atoms with Crippen LogP contribution >= 0.6 is 35.4 Å². The third-order valence-corrected chi connectivity index (χ3v) is 5.66. The quantitative estimate of drug-likeness (QED) is 0.198. The first-order chi connectivity index (χ1) is 15.3. The van der Waals surface area contributed by atoms with Crippen molar-refractivity contribution < 1.29 is 14.3 Å². The number of carbonyl (C=O) groups excluding carboxylic acids is 1. The first-order valence-corrected chi connectivity index (χ1v) is 11.1. The predicted molar refractivity (Wildman–Crippen MR) is 134 cm³/mol. The van der Waals surface area contributed by atoms with Crippen molar-refractivity contribution in [3.63, 3.8) is 0 Å². The number of nitrogens with one attached hydrogen (secondary N) is 2. The van der Waals surface area contributed by atoms with Gasteiger partial charge in [0.15, 0.2) is 5.11 Å². The molecule has 32 heavy (non-hydrogen) atoms. The molecule has 0 aliphatic heterocycles. The second kappa shape index (κ2) is 10.7. The number of hydrogen-bond donors (Lipinski definition) is 3. The predicted octanol–water partition coefficient (Wildman–Crippen LogP) is 7.00. The van der Waals surface area contributed by atoms with E-state index in [-0.39, 0.29) is 10.9 Å². The number of thiocarbonyl (C=S) groups is 1. The summed E-state index contributed by atoms with van der Waals surface area (Å²) in [6.45, 7) is 4.19. The Morgan fingerprint density at radius 2 is 1.97 bits per heavy atom. The molecular weight excluding hydrogens is 467 g/mol. The molecule has 5 nitrogen and oxygen atoms in total. The van der Waals surface area contributed by atoms with Gasteiger partial charge in [-0.1, -0.05) is 43.1 Å². The molecule has 1 heterocycles. The minimum absolute atomic E-state index is 0.0492. The number of rotatable bonds is 6. The Bertz CT molecular complexity index is 1170. The second-order valence-corrected chi connectivity index (χ2v) is 8.44. The largest absolute Gasteiger partial charge is 0.506 e. The van der Waals surface area contributed by atoms with Crippen LogP contribution in [0.15, 0.2) is 59.0 Å². The van der Waals surface area contributed by atoms with Crippen LogP contribution in [-0.2, 0) is 4.79 Å². The molecule has 0 fully saturated rings. The van der Waals surface area contributed by atoms with Crippen molar-refractivity contribution in [3.05, 3.63) is 76.0 Å². The number of furan rings is 1. The smallest absolute Gasteiger partial charge is 0.250 e. The Morgan fingerprint density at radius 1 is 1.19 bits per heavy atom. The summed E-state index contributed by atoms with van der Waals surface area (Å²) in [5, 5.41) is 16.6. The third-order valence-electron chi connectivity index (χ3n) is 4.91. The number of benzene rings is 2. The molecule has 0 radical (unpaired) electrons. The van der Waals surface area contributed by atoms with Crippen LogP contribution in [-0.4, -0.2) is 16.1 Å². The van der Waals surface area contributed by atoms with E-state index in [0.29, 0.717) is 38.7 Å². The highest BCUT2D eigenvalue weighted by Gasteiger charge is 2.11. The van der Waals surface area contributed by atoms with Crippen molar-refractivity contribution in [2.24, 2.45) is 0 Å². The van der Waals surface area contributed by atoms with Gasteiger partial charge in [0.05, 0.1) is 10.7 Å². The molecule has 1 aromatic heterocycles. The number of phenolic OH excluding ortho intramolecular Hbond substituents is 1. The fourth-order valence-electron chi connectivity index (χ4n) is 2.94. The van der Waals surface area contributed by atoms with Crippen LogP contribution < -0.4 is 10.6 Å². The highest BCUT2D eigenvalue weighted by Crippen LogP contribution is 2.32. The van der Waals surface area contributed by atoms with Crippen molar-refractivity contribution in [3.8, 4) is 17.1 Å². The average Bonchev–Trinajstić information content (AvgIpc) is 3.22. The first kappa shape index (κ1) is 23.9. The number of aromatic hydroxyl groups is 1. The summed E-state index contributed by atoms with van der Waals surface area (Å²) in [7, 11) is 0. The lowest BCUT2D eigenvalue weighted by Gasteiger charge is -2.14. The van der Waals surface area contributed by atoms with Crippen LogP contribution in [0.4, 0.5) is 5.69 Å². The zero-order valence-corrected chi connectivity index (χ0v) is 19.8. The molecule has 0 aliphatic carbocycles. The summed E-state index contributed by atoms with van der Waals surface area (Å²) in [6, 6.07) is 13.9. The minimum Gasteiger partial charge on any atom is -0.506 e. The lowest BCUT2D eigenvalue weighted by atomic mass is 9.98. The Labute approximate surface area is 202 Å². The number of hydrogen-bond acceptors (Lipinski definition) is 4. The van der Waals surface area contributed by atoms with Gasteiger partial charge in [0.25, 0.3) is 0 Å². The van der Waals surface area contributed by atoms with Crippen LogP contribution in [0.3, 0.4) is 0 Å². The van der Waals surface area contributed by atoms with Gasteiger partial charge in [-0.05, 0) is 78.7 Å². The van der Waals surface area contributed by atoms with Gasteiger partial charge in [-0.25, -0.2) is 0 Å². The van der Waals surface area contributed by atoms with Gasteiger partial charge < -0.3 is 14.8 Å². The van der Waals surface area contributed by atoms with Crippen LogP contribution in [0.2, 0.25) is 10.0 Å². The molecular formula is C24H22Cl2N2O3S. The van der Waals surface area contributed by atoms with E-state index in [2.05, 4.69) is 24.5 Å². The molecule has 0 saturated heterocycles. The number of anilines is 1. The Hall–Kier alpha value is -2.80. The van der Waals surface area contributed by atoms with Gasteiger partial charge in [0.2, 0.25) is 5.91 Å². The summed E-state index contributed by atoms with van der Waals surface area (Å²) in [5.41, 5.74) is 2.20. The van der Waals surface area contributed by atoms with Gasteiger partial charge in [-0.3, -0.25) is 10.1 Å².